The number of carbonyl (C=O) groups excluding carboxylic acids is 2. The van der Waals surface area contributed by atoms with E-state index < -0.39 is 5.97 Å². The molecule has 0 unspecified atom stereocenters. The molecule has 0 saturated heterocycles. The van der Waals surface area contributed by atoms with Gasteiger partial charge in [-0.3, -0.25) is 9.78 Å². The number of amides is 1. The van der Waals surface area contributed by atoms with Crippen LogP contribution in [0.3, 0.4) is 0 Å². The minimum Gasteiger partial charge on any atom is -0.493 e. The Labute approximate surface area is 161 Å². The summed E-state index contributed by atoms with van der Waals surface area (Å²) in [5.41, 5.74) is 4.00. The Morgan fingerprint density at radius 3 is 2.43 bits per heavy atom. The molecule has 3 aromatic rings. The first kappa shape index (κ1) is 18.8. The summed E-state index contributed by atoms with van der Waals surface area (Å²) in [4.78, 5) is 28.0. The van der Waals surface area contributed by atoms with Crippen molar-refractivity contribution in [1.29, 1.82) is 0 Å². The highest BCUT2D eigenvalue weighted by Crippen LogP contribution is 2.28. The number of pyridine rings is 1. The van der Waals surface area contributed by atoms with Crippen LogP contribution in [0.25, 0.3) is 0 Å². The third kappa shape index (κ3) is 4.79. The van der Waals surface area contributed by atoms with E-state index >= 15 is 0 Å². The van der Waals surface area contributed by atoms with Crippen LogP contribution >= 0.6 is 0 Å². The van der Waals surface area contributed by atoms with Gasteiger partial charge in [-0.2, -0.15) is 5.10 Å². The predicted molar refractivity (Wildman–Crippen MR) is 104 cm³/mol. The molecule has 2 aromatic carbocycles. The maximum atomic E-state index is 12.2. The topological polar surface area (TPSA) is 89.9 Å². The Morgan fingerprint density at radius 1 is 0.964 bits per heavy atom. The largest absolute Gasteiger partial charge is 0.493 e. The SMILES string of the molecule is COc1cc(/C=N/NC(=O)c2ccccc2)ccc1OC(=O)c1ccncc1. The smallest absolute Gasteiger partial charge is 0.343 e. The maximum Gasteiger partial charge on any atom is 0.343 e. The Kier molecular flexibility index (Phi) is 6.10. The van der Waals surface area contributed by atoms with Crippen molar-refractivity contribution in [3.05, 3.63) is 89.7 Å². The molecule has 0 saturated carbocycles. The number of rotatable bonds is 6. The van der Waals surface area contributed by atoms with E-state index in [1.807, 2.05) is 6.07 Å². The summed E-state index contributed by atoms with van der Waals surface area (Å²) in [6.07, 6.45) is 4.49. The summed E-state index contributed by atoms with van der Waals surface area (Å²) in [6, 6.07) is 16.8. The van der Waals surface area contributed by atoms with E-state index in [0.29, 0.717) is 22.4 Å². The lowest BCUT2D eigenvalue weighted by Gasteiger charge is -2.09. The molecule has 0 aliphatic rings. The maximum absolute atomic E-state index is 12.2. The second-order valence-corrected chi connectivity index (χ2v) is 5.60. The van der Waals surface area contributed by atoms with E-state index in [2.05, 4.69) is 15.5 Å². The van der Waals surface area contributed by atoms with Crippen LogP contribution in [0.1, 0.15) is 26.3 Å². The van der Waals surface area contributed by atoms with Crippen LogP contribution in [0, 0.1) is 0 Å². The number of benzene rings is 2. The fourth-order valence-corrected chi connectivity index (χ4v) is 2.32. The summed E-state index contributed by atoms with van der Waals surface area (Å²) in [7, 11) is 1.47. The van der Waals surface area contributed by atoms with E-state index in [1.54, 1.807) is 54.6 Å². The van der Waals surface area contributed by atoms with Gasteiger partial charge in [0.2, 0.25) is 0 Å². The number of hydrogen-bond acceptors (Lipinski definition) is 6. The van der Waals surface area contributed by atoms with Crippen LogP contribution in [0.5, 0.6) is 11.5 Å². The van der Waals surface area contributed by atoms with E-state index in [1.165, 1.54) is 25.7 Å². The first-order valence-electron chi connectivity index (χ1n) is 8.36. The Bertz CT molecular complexity index is 989. The second-order valence-electron chi connectivity index (χ2n) is 5.60. The van der Waals surface area contributed by atoms with Gasteiger partial charge in [-0.05, 0) is 48.0 Å². The number of carbonyl (C=O) groups is 2. The zero-order chi connectivity index (χ0) is 19.8. The molecule has 1 heterocycles. The highest BCUT2D eigenvalue weighted by Gasteiger charge is 2.12. The molecule has 0 bridgehead atoms. The summed E-state index contributed by atoms with van der Waals surface area (Å²) in [5, 5.41) is 3.94. The highest BCUT2D eigenvalue weighted by molar-refractivity contribution is 5.95. The molecule has 0 aliphatic carbocycles. The van der Waals surface area contributed by atoms with Crippen LogP contribution in [0.4, 0.5) is 0 Å². The minimum atomic E-state index is -0.516. The molecular weight excluding hydrogens is 358 g/mol. The van der Waals surface area contributed by atoms with Crippen molar-refractivity contribution in [1.82, 2.24) is 10.4 Å². The van der Waals surface area contributed by atoms with E-state index in [-0.39, 0.29) is 11.7 Å². The molecule has 3 rings (SSSR count). The molecule has 1 amide bonds. The summed E-state index contributed by atoms with van der Waals surface area (Å²) >= 11 is 0. The van der Waals surface area contributed by atoms with Gasteiger partial charge < -0.3 is 9.47 Å². The van der Waals surface area contributed by atoms with Crippen molar-refractivity contribution < 1.29 is 19.1 Å². The molecule has 0 atom stereocenters. The first-order chi connectivity index (χ1) is 13.7. The lowest BCUT2D eigenvalue weighted by atomic mass is 10.2. The van der Waals surface area contributed by atoms with Crippen molar-refractivity contribution in [3.63, 3.8) is 0 Å². The van der Waals surface area contributed by atoms with E-state index in [0.717, 1.165) is 0 Å². The van der Waals surface area contributed by atoms with E-state index in [9.17, 15) is 9.59 Å². The molecule has 1 N–H and O–H groups in total. The zero-order valence-electron chi connectivity index (χ0n) is 15.0. The third-order valence-electron chi connectivity index (χ3n) is 3.72. The van der Waals surface area contributed by atoms with Gasteiger partial charge in [0.15, 0.2) is 11.5 Å². The number of methoxy groups -OCH3 is 1. The van der Waals surface area contributed by atoms with Crippen LogP contribution in [-0.4, -0.2) is 30.2 Å². The zero-order valence-corrected chi connectivity index (χ0v) is 15.0. The van der Waals surface area contributed by atoms with Gasteiger partial charge in [-0.25, -0.2) is 10.2 Å². The third-order valence-corrected chi connectivity index (χ3v) is 3.72. The normalized spacial score (nSPS) is 10.5. The fraction of sp³-hybridized carbons (Fsp3) is 0.0476. The van der Waals surface area contributed by atoms with Crippen LogP contribution < -0.4 is 14.9 Å². The van der Waals surface area contributed by atoms with Crippen LogP contribution in [-0.2, 0) is 0 Å². The second kappa shape index (κ2) is 9.09. The van der Waals surface area contributed by atoms with Gasteiger partial charge in [0.05, 0.1) is 18.9 Å². The number of aromatic nitrogens is 1. The molecule has 0 aliphatic heterocycles. The van der Waals surface area contributed by atoms with Crippen molar-refractivity contribution >= 4 is 18.1 Å². The summed E-state index contributed by atoms with van der Waals surface area (Å²) in [5.74, 6) is -0.195. The van der Waals surface area contributed by atoms with Gasteiger partial charge in [0.1, 0.15) is 0 Å². The van der Waals surface area contributed by atoms with E-state index in [4.69, 9.17) is 9.47 Å². The molecule has 28 heavy (non-hydrogen) atoms. The van der Waals surface area contributed by atoms with Crippen molar-refractivity contribution in [3.8, 4) is 11.5 Å². The average Bonchev–Trinajstić information content (AvgIpc) is 2.75. The van der Waals surface area contributed by atoms with Gasteiger partial charge in [-0.15, -0.1) is 0 Å². The van der Waals surface area contributed by atoms with Crippen molar-refractivity contribution in [2.75, 3.05) is 7.11 Å². The summed E-state index contributed by atoms with van der Waals surface area (Å²) < 4.78 is 10.7. The number of ether oxygens (including phenoxy) is 2. The fourth-order valence-electron chi connectivity index (χ4n) is 2.32. The minimum absolute atomic E-state index is 0.273. The quantitative estimate of drug-likeness (QED) is 0.309. The van der Waals surface area contributed by atoms with Gasteiger partial charge in [-0.1, -0.05) is 18.2 Å². The Hall–Kier alpha value is -4.00. The average molecular weight is 375 g/mol. The van der Waals surface area contributed by atoms with Gasteiger partial charge in [0.25, 0.3) is 5.91 Å². The molecule has 7 nitrogen and oxygen atoms in total. The van der Waals surface area contributed by atoms with Crippen molar-refractivity contribution in [2.24, 2.45) is 5.10 Å². The molecule has 7 heteroatoms. The molecule has 140 valence electrons. The monoisotopic (exact) mass is 375 g/mol. The number of nitrogens with one attached hydrogen (secondary N) is 1. The lowest BCUT2D eigenvalue weighted by Crippen LogP contribution is -2.17. The Morgan fingerprint density at radius 2 is 1.71 bits per heavy atom. The lowest BCUT2D eigenvalue weighted by molar-refractivity contribution is 0.0729. The molecule has 0 radical (unpaired) electrons. The molecular formula is C21H17N3O4. The Balaban J connectivity index is 1.67. The number of nitrogens with zero attached hydrogens (tertiary/aromatic N) is 2. The number of esters is 1. The highest BCUT2D eigenvalue weighted by atomic mass is 16.6. The molecule has 0 spiro atoms. The number of hydrogen-bond donors (Lipinski definition) is 1. The number of hydrazone groups is 1. The standard InChI is InChI=1S/C21H17N3O4/c1-27-19-13-15(14-23-24-20(25)16-5-3-2-4-6-16)7-8-18(19)28-21(26)17-9-11-22-12-10-17/h2-14H,1H3,(H,24,25)/b23-14+. The van der Waals surface area contributed by atoms with Crippen LogP contribution in [0.15, 0.2) is 78.2 Å². The first-order valence-corrected chi connectivity index (χ1v) is 8.36. The molecule has 1 aromatic heterocycles. The van der Waals surface area contributed by atoms with Gasteiger partial charge >= 0.3 is 5.97 Å². The van der Waals surface area contributed by atoms with Crippen molar-refractivity contribution in [2.45, 2.75) is 0 Å². The molecule has 0 fully saturated rings. The van der Waals surface area contributed by atoms with Crippen LogP contribution in [0.2, 0.25) is 0 Å². The summed E-state index contributed by atoms with van der Waals surface area (Å²) in [6.45, 7) is 0. The predicted octanol–water partition coefficient (Wildman–Crippen LogP) is 3.07. The van der Waals surface area contributed by atoms with Gasteiger partial charge in [0, 0.05) is 18.0 Å².